The van der Waals surface area contributed by atoms with Gasteiger partial charge in [0.25, 0.3) is 5.56 Å². The maximum Gasteiger partial charge on any atom is 0.254 e. The number of pyridine rings is 1. The van der Waals surface area contributed by atoms with Crippen LogP contribution in [0, 0.1) is 5.82 Å². The molecule has 2 N–H and O–H groups in total. The van der Waals surface area contributed by atoms with Gasteiger partial charge in [-0.05, 0) is 60.2 Å². The van der Waals surface area contributed by atoms with E-state index in [4.69, 9.17) is 9.84 Å². The lowest BCUT2D eigenvalue weighted by Gasteiger charge is -2.07. The molecule has 0 saturated heterocycles. The van der Waals surface area contributed by atoms with Crippen LogP contribution in [0.5, 0.6) is 5.75 Å². The number of para-hydroxylation sites is 1. The Balaban J connectivity index is 1.51. The minimum atomic E-state index is -0.313. The van der Waals surface area contributed by atoms with Crippen LogP contribution in [-0.4, -0.2) is 21.9 Å². The Kier molecular flexibility index (Phi) is 5.93. The Bertz CT molecular complexity index is 1470. The molecule has 5 aromatic rings. The van der Waals surface area contributed by atoms with Gasteiger partial charge in [-0.2, -0.15) is 5.10 Å². The van der Waals surface area contributed by atoms with Gasteiger partial charge in [-0.15, -0.1) is 0 Å². The molecule has 0 fully saturated rings. The topological polar surface area (TPSA) is 71.9 Å². The first-order chi connectivity index (χ1) is 16.6. The quantitative estimate of drug-likeness (QED) is 0.370. The van der Waals surface area contributed by atoms with E-state index in [9.17, 15) is 9.18 Å². The Morgan fingerprint density at radius 2 is 1.71 bits per heavy atom. The van der Waals surface area contributed by atoms with Gasteiger partial charge in [-0.3, -0.25) is 4.79 Å². The molecule has 2 heterocycles. The van der Waals surface area contributed by atoms with Gasteiger partial charge in [0.05, 0.1) is 12.8 Å². The van der Waals surface area contributed by atoms with Crippen molar-refractivity contribution in [2.75, 3.05) is 7.11 Å². The Labute approximate surface area is 195 Å². The summed E-state index contributed by atoms with van der Waals surface area (Å²) in [5.41, 5.74) is 4.35. The third kappa shape index (κ3) is 4.33. The van der Waals surface area contributed by atoms with E-state index < -0.39 is 0 Å². The highest BCUT2D eigenvalue weighted by atomic mass is 19.1. The van der Waals surface area contributed by atoms with Gasteiger partial charge in [-0.1, -0.05) is 30.3 Å². The molecule has 0 aliphatic heterocycles. The minimum Gasteiger partial charge on any atom is -0.497 e. The van der Waals surface area contributed by atoms with Crippen LogP contribution < -0.4 is 15.6 Å². The number of nitrogens with one attached hydrogen (secondary N) is 2. The Hall–Kier alpha value is -4.23. The average molecular weight is 455 g/mol. The normalized spacial score (nSPS) is 11.1. The number of hydrogen-bond donors (Lipinski definition) is 2. The summed E-state index contributed by atoms with van der Waals surface area (Å²) in [4.78, 5) is 15.9. The number of hydrogen-bond acceptors (Lipinski definition) is 4. The fourth-order valence-corrected chi connectivity index (χ4v) is 3.91. The van der Waals surface area contributed by atoms with Gasteiger partial charge >= 0.3 is 0 Å². The standard InChI is InChI=1S/C27H23FN4O2/c1-34-23-13-7-18(8-14-23)16-29-17-20-15-24-25(19-9-11-21(28)12-10-19)31-32(26(24)30-27(20)33)22-5-3-2-4-6-22/h2-15,29H,16-17H2,1H3,(H,30,33). The third-order valence-corrected chi connectivity index (χ3v) is 5.69. The molecule has 0 saturated carbocycles. The van der Waals surface area contributed by atoms with Crippen molar-refractivity contribution >= 4 is 11.0 Å². The maximum atomic E-state index is 13.5. The molecule has 3 aromatic carbocycles. The highest BCUT2D eigenvalue weighted by Crippen LogP contribution is 2.29. The van der Waals surface area contributed by atoms with Crippen LogP contribution in [0.15, 0.2) is 89.7 Å². The van der Waals surface area contributed by atoms with Gasteiger partial charge in [0.1, 0.15) is 22.9 Å². The number of halogens is 1. The van der Waals surface area contributed by atoms with E-state index in [0.29, 0.717) is 30.0 Å². The fourth-order valence-electron chi connectivity index (χ4n) is 3.91. The zero-order valence-corrected chi connectivity index (χ0v) is 18.6. The summed E-state index contributed by atoms with van der Waals surface area (Å²) in [6, 6.07) is 25.4. The van der Waals surface area contributed by atoms with E-state index in [1.165, 1.54) is 12.1 Å². The molecule has 34 heavy (non-hydrogen) atoms. The molecule has 0 radical (unpaired) electrons. The van der Waals surface area contributed by atoms with Crippen molar-refractivity contribution in [1.82, 2.24) is 20.1 Å². The molecule has 0 aliphatic rings. The number of ether oxygens (including phenoxy) is 1. The van der Waals surface area contributed by atoms with Crippen molar-refractivity contribution in [3.63, 3.8) is 0 Å². The van der Waals surface area contributed by atoms with Crippen molar-refractivity contribution in [3.05, 3.63) is 112 Å². The number of fused-ring (bicyclic) bond motifs is 1. The number of benzene rings is 3. The zero-order chi connectivity index (χ0) is 23.5. The Morgan fingerprint density at radius 1 is 0.971 bits per heavy atom. The molecule has 0 bridgehead atoms. The number of methoxy groups -OCH3 is 1. The molecule has 0 atom stereocenters. The van der Waals surface area contributed by atoms with E-state index in [-0.39, 0.29) is 11.4 Å². The van der Waals surface area contributed by atoms with Crippen LogP contribution in [0.2, 0.25) is 0 Å². The van der Waals surface area contributed by atoms with Crippen molar-refractivity contribution < 1.29 is 9.13 Å². The molecule has 0 amide bonds. The summed E-state index contributed by atoms with van der Waals surface area (Å²) >= 11 is 0. The zero-order valence-electron chi connectivity index (χ0n) is 18.6. The van der Waals surface area contributed by atoms with Crippen LogP contribution in [-0.2, 0) is 13.1 Å². The predicted octanol–water partition coefficient (Wildman–Crippen LogP) is 4.82. The van der Waals surface area contributed by atoms with Gasteiger partial charge in [0.15, 0.2) is 0 Å². The molecule has 5 rings (SSSR count). The van der Waals surface area contributed by atoms with Gasteiger partial charge in [0.2, 0.25) is 0 Å². The van der Waals surface area contributed by atoms with Crippen molar-refractivity contribution in [3.8, 4) is 22.7 Å². The lowest BCUT2D eigenvalue weighted by atomic mass is 10.1. The van der Waals surface area contributed by atoms with Crippen LogP contribution in [0.25, 0.3) is 28.0 Å². The van der Waals surface area contributed by atoms with Gasteiger partial charge in [0, 0.05) is 29.6 Å². The summed E-state index contributed by atoms with van der Waals surface area (Å²) in [7, 11) is 1.63. The Morgan fingerprint density at radius 3 is 2.41 bits per heavy atom. The molecule has 0 aliphatic carbocycles. The van der Waals surface area contributed by atoms with Crippen LogP contribution in [0.1, 0.15) is 11.1 Å². The first kappa shape index (κ1) is 21.6. The molecule has 2 aromatic heterocycles. The van der Waals surface area contributed by atoms with E-state index >= 15 is 0 Å². The first-order valence-electron chi connectivity index (χ1n) is 10.9. The highest BCUT2D eigenvalue weighted by molar-refractivity contribution is 5.92. The third-order valence-electron chi connectivity index (χ3n) is 5.69. The lowest BCUT2D eigenvalue weighted by molar-refractivity contribution is 0.414. The second-order valence-electron chi connectivity index (χ2n) is 7.94. The molecule has 0 unspecified atom stereocenters. The van der Waals surface area contributed by atoms with Gasteiger partial charge < -0.3 is 15.0 Å². The number of H-pyrrole nitrogens is 1. The maximum absolute atomic E-state index is 13.5. The summed E-state index contributed by atoms with van der Waals surface area (Å²) in [6.07, 6.45) is 0. The van der Waals surface area contributed by atoms with Crippen LogP contribution in [0.3, 0.4) is 0 Å². The van der Waals surface area contributed by atoms with Gasteiger partial charge in [-0.25, -0.2) is 9.07 Å². The average Bonchev–Trinajstić information content (AvgIpc) is 3.23. The monoisotopic (exact) mass is 454 g/mol. The van der Waals surface area contributed by atoms with E-state index in [2.05, 4.69) is 10.3 Å². The molecule has 7 heteroatoms. The van der Waals surface area contributed by atoms with Crippen LogP contribution in [0.4, 0.5) is 4.39 Å². The molecule has 0 spiro atoms. The second kappa shape index (κ2) is 9.33. The number of aromatic nitrogens is 3. The van der Waals surface area contributed by atoms with Crippen molar-refractivity contribution in [2.24, 2.45) is 0 Å². The highest BCUT2D eigenvalue weighted by Gasteiger charge is 2.16. The molecule has 170 valence electrons. The minimum absolute atomic E-state index is 0.183. The number of nitrogens with zero attached hydrogens (tertiary/aromatic N) is 2. The van der Waals surface area contributed by atoms with E-state index in [1.54, 1.807) is 23.9 Å². The molecule has 6 nitrogen and oxygen atoms in total. The summed E-state index contributed by atoms with van der Waals surface area (Å²) in [5.74, 6) is 0.488. The number of aromatic amines is 1. The molecular formula is C27H23FN4O2. The summed E-state index contributed by atoms with van der Waals surface area (Å²) < 4.78 is 20.4. The summed E-state index contributed by atoms with van der Waals surface area (Å²) in [6.45, 7) is 0.992. The first-order valence-corrected chi connectivity index (χ1v) is 10.9. The predicted molar refractivity (Wildman–Crippen MR) is 131 cm³/mol. The largest absolute Gasteiger partial charge is 0.497 e. The van der Waals surface area contributed by atoms with Crippen molar-refractivity contribution in [2.45, 2.75) is 13.1 Å². The molecular weight excluding hydrogens is 431 g/mol. The SMILES string of the molecule is COc1ccc(CNCc2cc3c(-c4ccc(F)cc4)nn(-c4ccccc4)c3[nH]c2=O)cc1. The van der Waals surface area contributed by atoms with E-state index in [1.807, 2.05) is 60.7 Å². The lowest BCUT2D eigenvalue weighted by Crippen LogP contribution is -2.21. The fraction of sp³-hybridized carbons (Fsp3) is 0.111. The summed E-state index contributed by atoms with van der Waals surface area (Å²) in [5, 5.41) is 8.89. The number of rotatable bonds is 7. The van der Waals surface area contributed by atoms with Crippen LogP contribution >= 0.6 is 0 Å². The van der Waals surface area contributed by atoms with Crippen molar-refractivity contribution in [1.29, 1.82) is 0 Å². The van der Waals surface area contributed by atoms with E-state index in [0.717, 1.165) is 28.0 Å². The second-order valence-corrected chi connectivity index (χ2v) is 7.94. The smallest absolute Gasteiger partial charge is 0.254 e.